The minimum absolute atomic E-state index is 0.0829. The molecule has 0 amide bonds. The standard InChI is InChI=1S/C14H11N3O3/c18-10-4-1-5-11(19)13(10)14-16-12(17-20-14)7-9-3-2-6-15-8-9/h1-6,8,18-19H,7H2. The van der Waals surface area contributed by atoms with Crippen LogP contribution >= 0.6 is 0 Å². The van der Waals surface area contributed by atoms with Crippen molar-refractivity contribution in [2.45, 2.75) is 6.42 Å². The van der Waals surface area contributed by atoms with Crippen LogP contribution in [0.5, 0.6) is 11.5 Å². The summed E-state index contributed by atoms with van der Waals surface area (Å²) < 4.78 is 5.08. The molecule has 0 aliphatic carbocycles. The first-order valence-electron chi connectivity index (χ1n) is 5.97. The second-order valence-electron chi connectivity index (χ2n) is 4.23. The molecule has 3 aromatic rings. The molecule has 0 saturated carbocycles. The van der Waals surface area contributed by atoms with Crippen molar-refractivity contribution in [1.29, 1.82) is 0 Å². The van der Waals surface area contributed by atoms with Gasteiger partial charge < -0.3 is 14.7 Å². The molecule has 0 saturated heterocycles. The molecule has 0 aliphatic rings. The Balaban J connectivity index is 1.91. The van der Waals surface area contributed by atoms with Crippen LogP contribution in [0, 0.1) is 0 Å². The molecule has 0 aliphatic heterocycles. The smallest absolute Gasteiger partial charge is 0.265 e. The fourth-order valence-corrected chi connectivity index (χ4v) is 1.86. The largest absolute Gasteiger partial charge is 0.507 e. The first-order chi connectivity index (χ1) is 9.74. The Kier molecular flexibility index (Phi) is 3.04. The van der Waals surface area contributed by atoms with Crippen LogP contribution < -0.4 is 0 Å². The first-order valence-corrected chi connectivity index (χ1v) is 5.97. The van der Waals surface area contributed by atoms with E-state index in [2.05, 4.69) is 15.1 Å². The molecule has 6 heteroatoms. The van der Waals surface area contributed by atoms with E-state index < -0.39 is 0 Å². The van der Waals surface area contributed by atoms with Crippen molar-refractivity contribution < 1.29 is 14.7 Å². The Morgan fingerprint density at radius 2 is 1.85 bits per heavy atom. The molecule has 0 atom stereocenters. The molecule has 1 aromatic carbocycles. The van der Waals surface area contributed by atoms with Gasteiger partial charge in [0.2, 0.25) is 0 Å². The minimum atomic E-state index is -0.110. The number of aromatic nitrogens is 3. The van der Waals surface area contributed by atoms with Gasteiger partial charge in [0.1, 0.15) is 17.1 Å². The highest BCUT2D eigenvalue weighted by molar-refractivity contribution is 5.69. The molecule has 3 rings (SSSR count). The number of hydrogen-bond donors (Lipinski definition) is 2. The normalized spacial score (nSPS) is 10.6. The van der Waals surface area contributed by atoms with Crippen molar-refractivity contribution in [3.05, 3.63) is 54.1 Å². The SMILES string of the molecule is Oc1cccc(O)c1-c1nc(Cc2cccnc2)no1. The van der Waals surface area contributed by atoms with E-state index in [-0.39, 0.29) is 23.0 Å². The number of pyridine rings is 1. The first kappa shape index (κ1) is 12.2. The topological polar surface area (TPSA) is 92.3 Å². The van der Waals surface area contributed by atoms with E-state index >= 15 is 0 Å². The lowest BCUT2D eigenvalue weighted by Gasteiger charge is -2.00. The molecule has 2 heterocycles. The van der Waals surface area contributed by atoms with Gasteiger partial charge >= 0.3 is 0 Å². The summed E-state index contributed by atoms with van der Waals surface area (Å²) in [4.78, 5) is 8.18. The minimum Gasteiger partial charge on any atom is -0.507 e. The molecule has 2 aromatic heterocycles. The third kappa shape index (κ3) is 2.31. The number of nitrogens with zero attached hydrogens (tertiary/aromatic N) is 3. The molecule has 6 nitrogen and oxygen atoms in total. The number of benzene rings is 1. The van der Waals surface area contributed by atoms with Crippen LogP contribution in [0.4, 0.5) is 0 Å². The number of hydrogen-bond acceptors (Lipinski definition) is 6. The lowest BCUT2D eigenvalue weighted by atomic mass is 10.1. The van der Waals surface area contributed by atoms with Crippen LogP contribution in [0.15, 0.2) is 47.2 Å². The van der Waals surface area contributed by atoms with E-state index in [0.717, 1.165) is 5.56 Å². The van der Waals surface area contributed by atoms with E-state index in [1.165, 1.54) is 18.2 Å². The van der Waals surface area contributed by atoms with E-state index in [0.29, 0.717) is 12.2 Å². The predicted octanol–water partition coefficient (Wildman–Crippen LogP) is 2.13. The average Bonchev–Trinajstić information content (AvgIpc) is 2.88. The van der Waals surface area contributed by atoms with Gasteiger partial charge in [-0.3, -0.25) is 4.98 Å². The molecule has 0 bridgehead atoms. The van der Waals surface area contributed by atoms with E-state index in [4.69, 9.17) is 4.52 Å². The zero-order valence-corrected chi connectivity index (χ0v) is 10.4. The Labute approximate surface area is 114 Å². The van der Waals surface area contributed by atoms with Crippen LogP contribution in [-0.4, -0.2) is 25.3 Å². The van der Waals surface area contributed by atoms with Gasteiger partial charge in [-0.05, 0) is 23.8 Å². The van der Waals surface area contributed by atoms with Crippen molar-refractivity contribution in [2.75, 3.05) is 0 Å². The van der Waals surface area contributed by atoms with E-state index in [9.17, 15) is 10.2 Å². The van der Waals surface area contributed by atoms with Crippen molar-refractivity contribution in [3.8, 4) is 23.0 Å². The van der Waals surface area contributed by atoms with Gasteiger partial charge in [-0.25, -0.2) is 0 Å². The summed E-state index contributed by atoms with van der Waals surface area (Å²) in [6.45, 7) is 0. The van der Waals surface area contributed by atoms with Crippen molar-refractivity contribution in [3.63, 3.8) is 0 Å². The highest BCUT2D eigenvalue weighted by atomic mass is 16.5. The highest BCUT2D eigenvalue weighted by Gasteiger charge is 2.17. The predicted molar refractivity (Wildman–Crippen MR) is 70.1 cm³/mol. The number of phenolic OH excluding ortho intramolecular Hbond substituents is 2. The Hall–Kier alpha value is -2.89. The molecule has 0 spiro atoms. The lowest BCUT2D eigenvalue weighted by molar-refractivity contribution is 0.410. The highest BCUT2D eigenvalue weighted by Crippen LogP contribution is 2.35. The lowest BCUT2D eigenvalue weighted by Crippen LogP contribution is -1.91. The maximum absolute atomic E-state index is 9.75. The van der Waals surface area contributed by atoms with Gasteiger partial charge in [-0.2, -0.15) is 4.98 Å². The zero-order chi connectivity index (χ0) is 13.9. The fraction of sp³-hybridized carbons (Fsp3) is 0.0714. The summed E-state index contributed by atoms with van der Waals surface area (Å²) in [5.41, 5.74) is 1.08. The molecule has 2 N–H and O–H groups in total. The van der Waals surface area contributed by atoms with Crippen LogP contribution in [0.2, 0.25) is 0 Å². The van der Waals surface area contributed by atoms with Gasteiger partial charge in [-0.1, -0.05) is 17.3 Å². The third-order valence-electron chi connectivity index (χ3n) is 2.79. The van der Waals surface area contributed by atoms with Crippen LogP contribution in [0.3, 0.4) is 0 Å². The van der Waals surface area contributed by atoms with Gasteiger partial charge in [0.15, 0.2) is 5.82 Å². The van der Waals surface area contributed by atoms with Gasteiger partial charge in [0.05, 0.1) is 0 Å². The summed E-state index contributed by atoms with van der Waals surface area (Å²) >= 11 is 0. The average molecular weight is 269 g/mol. The Morgan fingerprint density at radius 1 is 1.05 bits per heavy atom. The summed E-state index contributed by atoms with van der Waals surface area (Å²) in [5.74, 6) is 0.318. The number of phenols is 2. The Morgan fingerprint density at radius 3 is 2.55 bits per heavy atom. The van der Waals surface area contributed by atoms with Gasteiger partial charge in [0.25, 0.3) is 5.89 Å². The Bertz CT molecular complexity index is 705. The van der Waals surface area contributed by atoms with Crippen LogP contribution in [0.25, 0.3) is 11.5 Å². The van der Waals surface area contributed by atoms with E-state index in [1.54, 1.807) is 12.4 Å². The zero-order valence-electron chi connectivity index (χ0n) is 10.4. The number of aromatic hydroxyl groups is 2. The van der Waals surface area contributed by atoms with Crippen LogP contribution in [-0.2, 0) is 6.42 Å². The molecule has 0 unspecified atom stereocenters. The fourth-order valence-electron chi connectivity index (χ4n) is 1.86. The molecular weight excluding hydrogens is 258 g/mol. The van der Waals surface area contributed by atoms with Gasteiger partial charge in [-0.15, -0.1) is 0 Å². The van der Waals surface area contributed by atoms with Crippen molar-refractivity contribution >= 4 is 0 Å². The van der Waals surface area contributed by atoms with E-state index in [1.807, 2.05) is 12.1 Å². The summed E-state index contributed by atoms with van der Waals surface area (Å²) in [6, 6.07) is 8.15. The molecule has 20 heavy (non-hydrogen) atoms. The number of rotatable bonds is 3. The summed E-state index contributed by atoms with van der Waals surface area (Å²) in [5, 5.41) is 23.3. The summed E-state index contributed by atoms with van der Waals surface area (Å²) in [7, 11) is 0. The maximum Gasteiger partial charge on any atom is 0.265 e. The second kappa shape index (κ2) is 5.00. The van der Waals surface area contributed by atoms with Crippen molar-refractivity contribution in [1.82, 2.24) is 15.1 Å². The second-order valence-corrected chi connectivity index (χ2v) is 4.23. The molecule has 0 radical (unpaired) electrons. The maximum atomic E-state index is 9.75. The molecular formula is C14H11N3O3. The monoisotopic (exact) mass is 269 g/mol. The van der Waals surface area contributed by atoms with Crippen molar-refractivity contribution in [2.24, 2.45) is 0 Å². The third-order valence-corrected chi connectivity index (χ3v) is 2.79. The molecule has 100 valence electrons. The van der Waals surface area contributed by atoms with Crippen LogP contribution in [0.1, 0.15) is 11.4 Å². The molecule has 0 fully saturated rings. The quantitative estimate of drug-likeness (QED) is 0.756. The van der Waals surface area contributed by atoms with Gasteiger partial charge in [0, 0.05) is 18.8 Å². The summed E-state index contributed by atoms with van der Waals surface area (Å²) in [6.07, 6.45) is 3.87.